The molecule has 6 rings (SSSR count). The Kier molecular flexibility index (Phi) is 10.1. The Morgan fingerprint density at radius 1 is 0.564 bits per heavy atom. The van der Waals surface area contributed by atoms with Crippen molar-refractivity contribution in [2.75, 3.05) is 0 Å². The van der Waals surface area contributed by atoms with Crippen LogP contribution in [0.2, 0.25) is 0 Å². The van der Waals surface area contributed by atoms with E-state index in [1.807, 2.05) is 11.3 Å². The third kappa shape index (κ3) is 6.85. The quantitative estimate of drug-likeness (QED) is 0.213. The molecule has 1 heteroatoms. The van der Waals surface area contributed by atoms with Crippen LogP contribution in [0, 0.1) is 6.92 Å². The average Bonchev–Trinajstić information content (AvgIpc) is 3.35. The van der Waals surface area contributed by atoms with Crippen molar-refractivity contribution in [3.63, 3.8) is 0 Å². The second-order valence-corrected chi connectivity index (χ2v) is 11.1. The fourth-order valence-corrected chi connectivity index (χ4v) is 6.12. The van der Waals surface area contributed by atoms with Gasteiger partial charge in [0.25, 0.3) is 0 Å². The van der Waals surface area contributed by atoms with Crippen LogP contribution in [0.3, 0.4) is 0 Å². The fourth-order valence-electron chi connectivity index (χ4n) is 4.93. The highest BCUT2D eigenvalue weighted by molar-refractivity contribution is 7.25. The van der Waals surface area contributed by atoms with Crippen molar-refractivity contribution in [3.05, 3.63) is 144 Å². The van der Waals surface area contributed by atoms with Crippen molar-refractivity contribution >= 4 is 31.5 Å². The summed E-state index contributed by atoms with van der Waals surface area (Å²) < 4.78 is 2.76. The van der Waals surface area contributed by atoms with Crippen molar-refractivity contribution in [2.24, 2.45) is 0 Å². The first-order valence-corrected chi connectivity index (χ1v) is 15.0. The molecule has 0 spiro atoms. The molecule has 1 heterocycles. The van der Waals surface area contributed by atoms with Gasteiger partial charge in [-0.2, -0.15) is 0 Å². The van der Waals surface area contributed by atoms with Gasteiger partial charge in [-0.15, -0.1) is 11.3 Å². The molecule has 0 saturated heterocycles. The molecule has 0 aliphatic rings. The molecule has 5 aromatic carbocycles. The summed E-state index contributed by atoms with van der Waals surface area (Å²) in [6, 6.07) is 43.4. The summed E-state index contributed by atoms with van der Waals surface area (Å²) in [7, 11) is 0. The molecule has 0 nitrogen and oxygen atoms in total. The minimum absolute atomic E-state index is 0.484. The highest BCUT2D eigenvalue weighted by Gasteiger charge is 2.11. The number of hydrogen-bond donors (Lipinski definition) is 0. The smallest absolute Gasteiger partial charge is 0.0358 e. The van der Waals surface area contributed by atoms with Gasteiger partial charge in [0.2, 0.25) is 0 Å². The molecule has 0 atom stereocenters. The second kappa shape index (κ2) is 13.9. The van der Waals surface area contributed by atoms with Gasteiger partial charge < -0.3 is 0 Å². The van der Waals surface area contributed by atoms with E-state index < -0.39 is 0 Å². The number of benzene rings is 5. The van der Waals surface area contributed by atoms with E-state index in [0.717, 1.165) is 6.42 Å². The molecular weight excluding hydrogens is 488 g/mol. The molecule has 0 saturated carbocycles. The summed E-state index contributed by atoms with van der Waals surface area (Å²) in [6.45, 7) is 10.9. The number of hydrogen-bond acceptors (Lipinski definition) is 1. The van der Waals surface area contributed by atoms with E-state index in [-0.39, 0.29) is 0 Å². The molecule has 198 valence electrons. The number of fused-ring (bicyclic) bond motifs is 3. The van der Waals surface area contributed by atoms with Crippen molar-refractivity contribution in [1.29, 1.82) is 0 Å². The maximum atomic E-state index is 2.39. The van der Waals surface area contributed by atoms with Gasteiger partial charge in [-0.3, -0.25) is 0 Å². The third-order valence-corrected chi connectivity index (χ3v) is 8.14. The van der Waals surface area contributed by atoms with Gasteiger partial charge in [-0.1, -0.05) is 137 Å². The summed E-state index contributed by atoms with van der Waals surface area (Å²) in [4.78, 5) is 0. The first-order chi connectivity index (χ1) is 19.1. The lowest BCUT2D eigenvalue weighted by atomic mass is 9.93. The van der Waals surface area contributed by atoms with Crippen LogP contribution in [-0.2, 0) is 6.42 Å². The van der Waals surface area contributed by atoms with E-state index in [1.165, 1.54) is 60.0 Å². The van der Waals surface area contributed by atoms with Crippen LogP contribution in [-0.4, -0.2) is 0 Å². The Morgan fingerprint density at radius 2 is 1.10 bits per heavy atom. The molecule has 0 N–H and O–H groups in total. The van der Waals surface area contributed by atoms with Gasteiger partial charge in [-0.05, 0) is 64.9 Å². The second-order valence-electron chi connectivity index (χ2n) is 10.0. The molecule has 0 bridgehead atoms. The van der Waals surface area contributed by atoms with Crippen LogP contribution in [0.5, 0.6) is 0 Å². The van der Waals surface area contributed by atoms with E-state index in [0.29, 0.717) is 5.92 Å². The normalized spacial score (nSPS) is 10.6. The first-order valence-electron chi connectivity index (χ1n) is 14.2. The zero-order valence-corrected chi connectivity index (χ0v) is 24.8. The molecule has 1 aromatic heterocycles. The minimum Gasteiger partial charge on any atom is -0.135 e. The van der Waals surface area contributed by atoms with Gasteiger partial charge >= 0.3 is 0 Å². The van der Waals surface area contributed by atoms with E-state index in [2.05, 4.69) is 156 Å². The van der Waals surface area contributed by atoms with Crippen LogP contribution in [0.25, 0.3) is 31.3 Å². The Morgan fingerprint density at radius 3 is 1.72 bits per heavy atom. The van der Waals surface area contributed by atoms with Crippen molar-refractivity contribution in [2.45, 2.75) is 53.4 Å². The highest BCUT2D eigenvalue weighted by atomic mass is 32.1. The van der Waals surface area contributed by atoms with Gasteiger partial charge in [0, 0.05) is 26.1 Å². The lowest BCUT2D eigenvalue weighted by Gasteiger charge is -2.11. The predicted octanol–water partition coefficient (Wildman–Crippen LogP) is 11.8. The van der Waals surface area contributed by atoms with E-state index in [1.54, 1.807) is 0 Å². The van der Waals surface area contributed by atoms with Crippen molar-refractivity contribution in [3.8, 4) is 11.1 Å². The SMILES string of the molecule is CC(c1ccccc1)c1ccccc1.CCC.CCc1ccccc1-c1cc2c(cc1C)sc1ccccc12. The van der Waals surface area contributed by atoms with Crippen molar-refractivity contribution < 1.29 is 0 Å². The van der Waals surface area contributed by atoms with E-state index in [4.69, 9.17) is 0 Å². The molecule has 0 aliphatic carbocycles. The first kappa shape index (κ1) is 28.3. The fraction of sp³-hybridized carbons (Fsp3) is 0.211. The Hall–Kier alpha value is -3.68. The summed E-state index contributed by atoms with van der Waals surface area (Å²) >= 11 is 1.89. The van der Waals surface area contributed by atoms with Crippen LogP contribution < -0.4 is 0 Å². The van der Waals surface area contributed by atoms with Crippen LogP contribution in [0.4, 0.5) is 0 Å². The molecule has 0 fully saturated rings. The summed E-state index contributed by atoms with van der Waals surface area (Å²) in [6.07, 6.45) is 2.32. The van der Waals surface area contributed by atoms with E-state index in [9.17, 15) is 0 Å². The summed E-state index contributed by atoms with van der Waals surface area (Å²) in [5.41, 5.74) is 8.27. The monoisotopic (exact) mass is 528 g/mol. The molecule has 6 aromatic rings. The Bertz CT molecular complexity index is 1550. The Labute approximate surface area is 239 Å². The van der Waals surface area contributed by atoms with Gasteiger partial charge in [0.1, 0.15) is 0 Å². The van der Waals surface area contributed by atoms with Crippen molar-refractivity contribution in [1.82, 2.24) is 0 Å². The molecule has 0 amide bonds. The summed E-state index contributed by atoms with van der Waals surface area (Å²) in [5, 5.41) is 2.75. The van der Waals surface area contributed by atoms with Crippen LogP contribution in [0.1, 0.15) is 62.3 Å². The van der Waals surface area contributed by atoms with Gasteiger partial charge in [-0.25, -0.2) is 0 Å². The largest absolute Gasteiger partial charge is 0.135 e. The highest BCUT2D eigenvalue weighted by Crippen LogP contribution is 2.38. The molecule has 39 heavy (non-hydrogen) atoms. The zero-order valence-electron chi connectivity index (χ0n) is 23.9. The topological polar surface area (TPSA) is 0 Å². The number of rotatable bonds is 4. The lowest BCUT2D eigenvalue weighted by molar-refractivity contribution is 0.922. The molecule has 0 unspecified atom stereocenters. The van der Waals surface area contributed by atoms with Crippen LogP contribution in [0.15, 0.2) is 121 Å². The number of thiophene rings is 1. The Balaban J connectivity index is 0.000000179. The third-order valence-electron chi connectivity index (χ3n) is 7.01. The average molecular weight is 529 g/mol. The van der Waals surface area contributed by atoms with E-state index >= 15 is 0 Å². The zero-order chi connectivity index (χ0) is 27.6. The lowest BCUT2D eigenvalue weighted by Crippen LogP contribution is -1.94. The molecular formula is C38H40S. The minimum atomic E-state index is 0.484. The van der Waals surface area contributed by atoms with Gasteiger partial charge in [0.05, 0.1) is 0 Å². The molecule has 0 radical (unpaired) electrons. The van der Waals surface area contributed by atoms with Crippen LogP contribution >= 0.6 is 11.3 Å². The molecule has 0 aliphatic heterocycles. The summed E-state index contributed by atoms with van der Waals surface area (Å²) in [5.74, 6) is 0.484. The standard InChI is InChI=1S/C21H18S.C14H14.C3H8/c1-3-15-8-4-5-9-16(15)18-13-19-17-10-6-7-11-20(17)22-21(19)12-14(18)2;1-12(13-8-4-2-5-9-13)14-10-6-3-7-11-14;1-3-2/h4-13H,3H2,1-2H3;2-12H,1H3;3H2,1-2H3. The van der Waals surface area contributed by atoms with Gasteiger partial charge in [0.15, 0.2) is 0 Å². The maximum Gasteiger partial charge on any atom is 0.0358 e. The predicted molar refractivity (Wildman–Crippen MR) is 175 cm³/mol. The maximum absolute atomic E-state index is 2.39. The number of aryl methyl sites for hydroxylation is 2.